The normalized spacial score (nSPS) is 10.8. The van der Waals surface area contributed by atoms with E-state index >= 15 is 0 Å². The van der Waals surface area contributed by atoms with Gasteiger partial charge in [-0.1, -0.05) is 24.3 Å². The molecule has 0 heterocycles. The molecule has 0 saturated heterocycles. The Hall–Kier alpha value is -1.61. The van der Waals surface area contributed by atoms with E-state index in [1.807, 2.05) is 44.6 Å². The van der Waals surface area contributed by atoms with Gasteiger partial charge in [-0.15, -0.1) is 0 Å². The van der Waals surface area contributed by atoms with Crippen molar-refractivity contribution in [1.29, 1.82) is 0 Å². The van der Waals surface area contributed by atoms with E-state index in [0.717, 1.165) is 15.7 Å². The second kappa shape index (κ2) is 5.83. The van der Waals surface area contributed by atoms with Crippen LogP contribution in [-0.4, -0.2) is 20.3 Å². The van der Waals surface area contributed by atoms with Crippen molar-refractivity contribution in [2.75, 3.05) is 19.0 Å². The lowest BCUT2D eigenvalue weighted by Gasteiger charge is -2.11. The third-order valence-electron chi connectivity index (χ3n) is 2.61. The second-order valence-corrected chi connectivity index (χ2v) is 5.05. The molecule has 2 aromatic carbocycles. The Balaban J connectivity index is 2.17. The highest BCUT2D eigenvalue weighted by Gasteiger charge is 1.96. The smallest absolute Gasteiger partial charge is 0.0771 e. The van der Waals surface area contributed by atoms with Crippen LogP contribution >= 0.6 is 15.9 Å². The summed E-state index contributed by atoms with van der Waals surface area (Å²) in [6.45, 7) is 0. The van der Waals surface area contributed by atoms with Crippen LogP contribution < -0.4 is 4.90 Å². The Morgan fingerprint density at radius 3 is 2.28 bits per heavy atom. The molecular weight excluding hydrogens is 288 g/mol. The zero-order chi connectivity index (χ0) is 13.0. The van der Waals surface area contributed by atoms with E-state index in [0.29, 0.717) is 0 Å². The number of hydrogen-bond acceptors (Lipinski definition) is 2. The Morgan fingerprint density at radius 2 is 1.67 bits per heavy atom. The van der Waals surface area contributed by atoms with Crippen LogP contribution in [0.2, 0.25) is 0 Å². The number of rotatable bonds is 3. The quantitative estimate of drug-likeness (QED) is 0.773. The number of hydrogen-bond donors (Lipinski definition) is 0. The van der Waals surface area contributed by atoms with Gasteiger partial charge in [0, 0.05) is 30.5 Å². The Bertz CT molecular complexity index is 545. The highest BCUT2D eigenvalue weighted by Crippen LogP contribution is 2.24. The Morgan fingerprint density at radius 1 is 1.00 bits per heavy atom. The predicted octanol–water partition coefficient (Wildman–Crippen LogP) is 4.27. The summed E-state index contributed by atoms with van der Waals surface area (Å²) in [5, 5.41) is 0. The maximum absolute atomic E-state index is 4.47. The van der Waals surface area contributed by atoms with Crippen molar-refractivity contribution in [3.63, 3.8) is 0 Å². The third-order valence-corrected chi connectivity index (χ3v) is 3.29. The van der Waals surface area contributed by atoms with Gasteiger partial charge in [-0.2, -0.15) is 0 Å². The van der Waals surface area contributed by atoms with Gasteiger partial charge in [0.1, 0.15) is 0 Å². The van der Waals surface area contributed by atoms with Crippen molar-refractivity contribution >= 4 is 33.5 Å². The van der Waals surface area contributed by atoms with Crippen molar-refractivity contribution in [3.05, 3.63) is 58.6 Å². The molecular formula is C15H15BrN2. The standard InChI is InChI=1S/C15H15BrN2/c1-18(2)13-9-7-12(8-10-13)11-17-15-6-4-3-5-14(15)16/h3-11H,1-2H3. The van der Waals surface area contributed by atoms with Gasteiger partial charge in [-0.25, -0.2) is 0 Å². The van der Waals surface area contributed by atoms with Crippen LogP contribution in [0.3, 0.4) is 0 Å². The molecule has 2 rings (SSSR count). The van der Waals surface area contributed by atoms with Gasteiger partial charge in [0.15, 0.2) is 0 Å². The molecule has 0 aromatic heterocycles. The van der Waals surface area contributed by atoms with E-state index < -0.39 is 0 Å². The predicted molar refractivity (Wildman–Crippen MR) is 82.2 cm³/mol. The van der Waals surface area contributed by atoms with E-state index in [1.165, 1.54) is 5.69 Å². The lowest BCUT2D eigenvalue weighted by Crippen LogP contribution is -2.08. The number of aliphatic imine (C=N–C) groups is 1. The van der Waals surface area contributed by atoms with Gasteiger partial charge < -0.3 is 4.90 Å². The summed E-state index contributed by atoms with van der Waals surface area (Å²) in [6.07, 6.45) is 1.87. The molecule has 0 aliphatic heterocycles. The molecule has 0 atom stereocenters. The average molecular weight is 303 g/mol. The van der Waals surface area contributed by atoms with Crippen LogP contribution in [0.15, 0.2) is 58.0 Å². The number of nitrogens with zero attached hydrogens (tertiary/aromatic N) is 2. The lowest BCUT2D eigenvalue weighted by atomic mass is 10.2. The minimum absolute atomic E-state index is 0.939. The SMILES string of the molecule is CN(C)c1ccc(C=Nc2ccccc2Br)cc1. The molecule has 3 heteroatoms. The average Bonchev–Trinajstić information content (AvgIpc) is 2.38. The molecule has 0 bridgehead atoms. The van der Waals surface area contributed by atoms with Gasteiger partial charge in [-0.05, 0) is 45.8 Å². The topological polar surface area (TPSA) is 15.6 Å². The maximum Gasteiger partial charge on any atom is 0.0771 e. The Kier molecular flexibility index (Phi) is 4.15. The van der Waals surface area contributed by atoms with E-state index in [9.17, 15) is 0 Å². The van der Waals surface area contributed by atoms with E-state index in [-0.39, 0.29) is 0 Å². The maximum atomic E-state index is 4.47. The fourth-order valence-electron chi connectivity index (χ4n) is 1.56. The molecule has 2 nitrogen and oxygen atoms in total. The second-order valence-electron chi connectivity index (χ2n) is 4.20. The highest BCUT2D eigenvalue weighted by molar-refractivity contribution is 9.10. The molecule has 0 N–H and O–H groups in total. The minimum atomic E-state index is 0.939. The van der Waals surface area contributed by atoms with Crippen LogP contribution in [0.5, 0.6) is 0 Å². The minimum Gasteiger partial charge on any atom is -0.378 e. The summed E-state index contributed by atoms with van der Waals surface area (Å²) < 4.78 is 1.01. The van der Waals surface area contributed by atoms with Crippen molar-refractivity contribution in [1.82, 2.24) is 0 Å². The van der Waals surface area contributed by atoms with Crippen LogP contribution in [0.1, 0.15) is 5.56 Å². The molecule has 0 aliphatic carbocycles. The molecule has 18 heavy (non-hydrogen) atoms. The van der Waals surface area contributed by atoms with Gasteiger partial charge in [0.05, 0.1) is 5.69 Å². The first kappa shape index (κ1) is 12.8. The number of anilines is 1. The number of benzene rings is 2. The van der Waals surface area contributed by atoms with Gasteiger partial charge in [0.2, 0.25) is 0 Å². The van der Waals surface area contributed by atoms with Crippen LogP contribution in [0.4, 0.5) is 11.4 Å². The number of para-hydroxylation sites is 1. The van der Waals surface area contributed by atoms with E-state index in [1.54, 1.807) is 0 Å². The summed E-state index contributed by atoms with van der Waals surface area (Å²) in [5.74, 6) is 0. The highest BCUT2D eigenvalue weighted by atomic mass is 79.9. The largest absolute Gasteiger partial charge is 0.378 e. The van der Waals surface area contributed by atoms with Crippen molar-refractivity contribution in [2.24, 2.45) is 4.99 Å². The molecule has 0 spiro atoms. The van der Waals surface area contributed by atoms with Gasteiger partial charge in [-0.3, -0.25) is 4.99 Å². The molecule has 0 radical (unpaired) electrons. The molecule has 0 fully saturated rings. The zero-order valence-electron chi connectivity index (χ0n) is 10.5. The van der Waals surface area contributed by atoms with Gasteiger partial charge in [0.25, 0.3) is 0 Å². The van der Waals surface area contributed by atoms with Crippen LogP contribution in [0, 0.1) is 0 Å². The molecule has 0 amide bonds. The molecule has 2 aromatic rings. The summed E-state index contributed by atoms with van der Waals surface area (Å²) >= 11 is 3.48. The third kappa shape index (κ3) is 3.20. The molecule has 92 valence electrons. The first-order valence-electron chi connectivity index (χ1n) is 5.73. The zero-order valence-corrected chi connectivity index (χ0v) is 12.1. The first-order valence-corrected chi connectivity index (χ1v) is 6.52. The molecule has 0 unspecified atom stereocenters. The van der Waals surface area contributed by atoms with Crippen molar-refractivity contribution in [3.8, 4) is 0 Å². The monoisotopic (exact) mass is 302 g/mol. The van der Waals surface area contributed by atoms with E-state index in [4.69, 9.17) is 0 Å². The summed E-state index contributed by atoms with van der Waals surface area (Å²) in [7, 11) is 4.06. The number of halogens is 1. The van der Waals surface area contributed by atoms with Crippen molar-refractivity contribution in [2.45, 2.75) is 0 Å². The van der Waals surface area contributed by atoms with Gasteiger partial charge >= 0.3 is 0 Å². The van der Waals surface area contributed by atoms with E-state index in [2.05, 4.69) is 50.1 Å². The summed E-state index contributed by atoms with van der Waals surface area (Å²) in [5.41, 5.74) is 3.22. The fraction of sp³-hybridized carbons (Fsp3) is 0.133. The molecule has 0 aliphatic rings. The van der Waals surface area contributed by atoms with Crippen molar-refractivity contribution < 1.29 is 0 Å². The first-order chi connectivity index (χ1) is 8.66. The van der Waals surface area contributed by atoms with Crippen LogP contribution in [0.25, 0.3) is 0 Å². The summed E-state index contributed by atoms with van der Waals surface area (Å²) in [6, 6.07) is 16.2. The summed E-state index contributed by atoms with van der Waals surface area (Å²) in [4.78, 5) is 6.54. The fourth-order valence-corrected chi connectivity index (χ4v) is 1.95. The van der Waals surface area contributed by atoms with Crippen LogP contribution in [-0.2, 0) is 0 Å². The Labute approximate surface area is 116 Å². The molecule has 0 saturated carbocycles. The lowest BCUT2D eigenvalue weighted by molar-refractivity contribution is 1.13.